The molecule has 0 aromatic carbocycles. The topological polar surface area (TPSA) is 55.6 Å². The Morgan fingerprint density at radius 3 is 2.47 bits per heavy atom. The van der Waals surface area contributed by atoms with E-state index in [1.165, 1.54) is 0 Å². The quantitative estimate of drug-likeness (QED) is 0.775. The summed E-state index contributed by atoms with van der Waals surface area (Å²) in [6, 6.07) is 0.876. The molecule has 1 N–H and O–H groups in total. The van der Waals surface area contributed by atoms with Crippen LogP contribution in [-0.2, 0) is 6.54 Å². The van der Waals surface area contributed by atoms with Crippen LogP contribution in [0.1, 0.15) is 52.4 Å². The standard InChI is InChI=1S/C10H21N5/c1-5-9(6-2)15-10(12-13-14-15)7-11-8(3)4/h8-9,11H,5-7H2,1-4H3. The van der Waals surface area contributed by atoms with E-state index < -0.39 is 0 Å². The van der Waals surface area contributed by atoms with Crippen molar-refractivity contribution in [2.45, 2.75) is 59.2 Å². The maximum atomic E-state index is 4.05. The maximum absolute atomic E-state index is 4.05. The second-order valence-corrected chi connectivity index (χ2v) is 4.05. The number of tetrazole rings is 1. The molecule has 86 valence electrons. The van der Waals surface area contributed by atoms with Crippen LogP contribution in [0.4, 0.5) is 0 Å². The summed E-state index contributed by atoms with van der Waals surface area (Å²) in [6.45, 7) is 9.29. The third-order valence-electron chi connectivity index (χ3n) is 2.52. The molecule has 0 amide bonds. The van der Waals surface area contributed by atoms with Crippen molar-refractivity contribution in [3.63, 3.8) is 0 Å². The Morgan fingerprint density at radius 1 is 1.27 bits per heavy atom. The molecule has 0 radical (unpaired) electrons. The van der Waals surface area contributed by atoms with Crippen LogP contribution in [0.2, 0.25) is 0 Å². The van der Waals surface area contributed by atoms with Crippen LogP contribution < -0.4 is 5.32 Å². The highest BCUT2D eigenvalue weighted by Crippen LogP contribution is 2.14. The van der Waals surface area contributed by atoms with Gasteiger partial charge in [0.25, 0.3) is 0 Å². The molecule has 5 heteroatoms. The molecule has 0 unspecified atom stereocenters. The Balaban J connectivity index is 2.67. The van der Waals surface area contributed by atoms with E-state index in [0.717, 1.165) is 25.2 Å². The zero-order chi connectivity index (χ0) is 11.3. The van der Waals surface area contributed by atoms with Crippen LogP contribution >= 0.6 is 0 Å². The van der Waals surface area contributed by atoms with E-state index in [1.807, 2.05) is 4.68 Å². The molecule has 0 spiro atoms. The van der Waals surface area contributed by atoms with E-state index in [9.17, 15) is 0 Å². The van der Waals surface area contributed by atoms with Gasteiger partial charge in [-0.15, -0.1) is 5.10 Å². The summed E-state index contributed by atoms with van der Waals surface area (Å²) >= 11 is 0. The number of hydrogen-bond acceptors (Lipinski definition) is 4. The van der Waals surface area contributed by atoms with Crippen molar-refractivity contribution in [2.24, 2.45) is 0 Å². The molecule has 1 rings (SSSR count). The monoisotopic (exact) mass is 211 g/mol. The van der Waals surface area contributed by atoms with Gasteiger partial charge in [0.05, 0.1) is 12.6 Å². The fourth-order valence-corrected chi connectivity index (χ4v) is 1.54. The lowest BCUT2D eigenvalue weighted by molar-refractivity contribution is 0.396. The van der Waals surface area contributed by atoms with Gasteiger partial charge < -0.3 is 5.32 Å². The first-order valence-corrected chi connectivity index (χ1v) is 5.69. The number of nitrogens with one attached hydrogen (secondary N) is 1. The van der Waals surface area contributed by atoms with Gasteiger partial charge in [-0.2, -0.15) is 0 Å². The number of aromatic nitrogens is 4. The fourth-order valence-electron chi connectivity index (χ4n) is 1.54. The first kappa shape index (κ1) is 12.1. The van der Waals surface area contributed by atoms with Crippen LogP contribution in [-0.4, -0.2) is 26.2 Å². The average Bonchev–Trinajstić information content (AvgIpc) is 2.65. The van der Waals surface area contributed by atoms with Crippen molar-refractivity contribution in [3.8, 4) is 0 Å². The lowest BCUT2D eigenvalue weighted by Gasteiger charge is -2.15. The number of hydrogen-bond donors (Lipinski definition) is 1. The minimum atomic E-state index is 0.420. The van der Waals surface area contributed by atoms with Gasteiger partial charge in [-0.25, -0.2) is 4.68 Å². The number of rotatable bonds is 6. The van der Waals surface area contributed by atoms with E-state index in [1.54, 1.807) is 0 Å². The first-order chi connectivity index (χ1) is 7.19. The lowest BCUT2D eigenvalue weighted by atomic mass is 10.2. The predicted octanol–water partition coefficient (Wildman–Crippen LogP) is 1.53. The van der Waals surface area contributed by atoms with Gasteiger partial charge in [-0.1, -0.05) is 27.7 Å². The third kappa shape index (κ3) is 3.27. The van der Waals surface area contributed by atoms with Gasteiger partial charge in [0.1, 0.15) is 0 Å². The van der Waals surface area contributed by atoms with E-state index in [0.29, 0.717) is 12.1 Å². The fraction of sp³-hybridized carbons (Fsp3) is 0.900. The van der Waals surface area contributed by atoms with E-state index >= 15 is 0 Å². The van der Waals surface area contributed by atoms with Crippen LogP contribution in [0.15, 0.2) is 0 Å². The molecule has 1 heterocycles. The molecule has 1 aromatic heterocycles. The van der Waals surface area contributed by atoms with Crippen molar-refractivity contribution >= 4 is 0 Å². The minimum absolute atomic E-state index is 0.420. The summed E-state index contributed by atoms with van der Waals surface area (Å²) in [5.74, 6) is 0.928. The average molecular weight is 211 g/mol. The second-order valence-electron chi connectivity index (χ2n) is 4.05. The van der Waals surface area contributed by atoms with Crippen LogP contribution in [0.3, 0.4) is 0 Å². The molecule has 0 saturated heterocycles. The molecular weight excluding hydrogens is 190 g/mol. The summed E-state index contributed by atoms with van der Waals surface area (Å²) in [4.78, 5) is 0. The van der Waals surface area contributed by atoms with Gasteiger partial charge in [0, 0.05) is 6.04 Å². The van der Waals surface area contributed by atoms with Gasteiger partial charge in [-0.3, -0.25) is 0 Å². The molecule has 0 saturated carbocycles. The van der Waals surface area contributed by atoms with Gasteiger partial charge in [-0.05, 0) is 23.3 Å². The van der Waals surface area contributed by atoms with E-state index in [-0.39, 0.29) is 0 Å². The molecule has 0 atom stereocenters. The molecule has 0 aliphatic heterocycles. The third-order valence-corrected chi connectivity index (χ3v) is 2.52. The lowest BCUT2D eigenvalue weighted by Crippen LogP contribution is -2.25. The smallest absolute Gasteiger partial charge is 0.165 e. The van der Waals surface area contributed by atoms with Gasteiger partial charge >= 0.3 is 0 Å². The summed E-state index contributed by atoms with van der Waals surface area (Å²) in [5, 5.41) is 15.2. The zero-order valence-electron chi connectivity index (χ0n) is 10.1. The predicted molar refractivity (Wildman–Crippen MR) is 59.4 cm³/mol. The summed E-state index contributed by atoms with van der Waals surface area (Å²) in [5.41, 5.74) is 0. The van der Waals surface area contributed by atoms with Gasteiger partial charge in [0.15, 0.2) is 5.82 Å². The highest BCUT2D eigenvalue weighted by atomic mass is 15.6. The summed E-state index contributed by atoms with van der Waals surface area (Å²) in [6.07, 6.45) is 2.13. The van der Waals surface area contributed by atoms with E-state index in [4.69, 9.17) is 0 Å². The van der Waals surface area contributed by atoms with Crippen molar-refractivity contribution < 1.29 is 0 Å². The second kappa shape index (κ2) is 5.80. The van der Waals surface area contributed by atoms with Crippen LogP contribution in [0.25, 0.3) is 0 Å². The molecule has 5 nitrogen and oxygen atoms in total. The molecule has 15 heavy (non-hydrogen) atoms. The van der Waals surface area contributed by atoms with Crippen LogP contribution in [0, 0.1) is 0 Å². The van der Waals surface area contributed by atoms with E-state index in [2.05, 4.69) is 48.5 Å². The highest BCUT2D eigenvalue weighted by Gasteiger charge is 2.13. The summed E-state index contributed by atoms with van der Waals surface area (Å²) < 4.78 is 1.94. The Morgan fingerprint density at radius 2 is 1.93 bits per heavy atom. The maximum Gasteiger partial charge on any atom is 0.165 e. The molecule has 0 bridgehead atoms. The van der Waals surface area contributed by atoms with Crippen molar-refractivity contribution in [1.82, 2.24) is 25.5 Å². The normalized spacial score (nSPS) is 11.6. The SMILES string of the molecule is CCC(CC)n1nnnc1CNC(C)C. The molecule has 0 fully saturated rings. The molecule has 0 aliphatic rings. The Labute approximate surface area is 91.2 Å². The Hall–Kier alpha value is -0.970. The largest absolute Gasteiger partial charge is 0.308 e. The Kier molecular flexibility index (Phi) is 4.68. The minimum Gasteiger partial charge on any atom is -0.308 e. The molecular formula is C10H21N5. The molecule has 0 aliphatic carbocycles. The number of nitrogens with zero attached hydrogens (tertiary/aromatic N) is 4. The first-order valence-electron chi connectivity index (χ1n) is 5.69. The summed E-state index contributed by atoms with van der Waals surface area (Å²) in [7, 11) is 0. The zero-order valence-corrected chi connectivity index (χ0v) is 10.1. The molecule has 1 aromatic rings. The van der Waals surface area contributed by atoms with Crippen molar-refractivity contribution in [1.29, 1.82) is 0 Å². The highest BCUT2D eigenvalue weighted by molar-refractivity contribution is 4.83. The van der Waals surface area contributed by atoms with Crippen molar-refractivity contribution in [3.05, 3.63) is 5.82 Å². The Bertz CT molecular complexity index is 277. The van der Waals surface area contributed by atoms with Crippen molar-refractivity contribution in [2.75, 3.05) is 0 Å². The van der Waals surface area contributed by atoms with Crippen LogP contribution in [0.5, 0.6) is 0 Å². The van der Waals surface area contributed by atoms with Gasteiger partial charge in [0.2, 0.25) is 0 Å².